The van der Waals surface area contributed by atoms with Crippen molar-refractivity contribution in [2.24, 2.45) is 11.8 Å². The molecule has 2 N–H and O–H groups in total. The molecule has 6 rings (SSSR count). The number of phenolic OH excluding ortho intramolecular Hbond substituents is 1. The van der Waals surface area contributed by atoms with Gasteiger partial charge in [-0.3, -0.25) is 4.79 Å². The van der Waals surface area contributed by atoms with E-state index in [1.807, 2.05) is 36.1 Å². The van der Waals surface area contributed by atoms with Crippen molar-refractivity contribution >= 4 is 49.7 Å². The third kappa shape index (κ3) is 8.71. The molecule has 0 radical (unpaired) electrons. The molecule has 0 saturated carbocycles. The van der Waals surface area contributed by atoms with Crippen LogP contribution in [0, 0.1) is 11.8 Å². The number of benzene rings is 2. The fraction of sp³-hybridized carbons (Fsp3) is 0.605. The van der Waals surface area contributed by atoms with Gasteiger partial charge in [0.15, 0.2) is 6.10 Å². The predicted molar refractivity (Wildman–Crippen MR) is 203 cm³/mol. The predicted octanol–water partition coefficient (Wildman–Crippen LogP) is 5.84. The van der Waals surface area contributed by atoms with Crippen molar-refractivity contribution in [1.82, 2.24) is 19.0 Å². The van der Waals surface area contributed by atoms with Crippen molar-refractivity contribution in [2.75, 3.05) is 51.1 Å². The van der Waals surface area contributed by atoms with Crippen LogP contribution < -0.4 is 5.32 Å². The Kier molecular flexibility index (Phi) is 12.4. The number of piperidine rings is 3. The Morgan fingerprint density at radius 1 is 0.923 bits per heavy atom. The van der Waals surface area contributed by atoms with E-state index in [1.54, 1.807) is 39.2 Å². The Morgan fingerprint density at radius 2 is 1.56 bits per heavy atom. The number of sulfonamides is 1. The first-order chi connectivity index (χ1) is 24.9. The van der Waals surface area contributed by atoms with E-state index in [4.69, 9.17) is 4.74 Å². The van der Waals surface area contributed by atoms with Crippen LogP contribution in [0.3, 0.4) is 0 Å². The summed E-state index contributed by atoms with van der Waals surface area (Å²) in [6.45, 7) is 7.31. The van der Waals surface area contributed by atoms with Crippen LogP contribution in [-0.4, -0.2) is 114 Å². The molecule has 0 aromatic heterocycles. The number of hydrogen-bond acceptors (Lipinski definition) is 7. The fourth-order valence-electron chi connectivity index (χ4n) is 8.23. The number of carbonyl (C=O) groups excluding carboxylic acids is 3. The summed E-state index contributed by atoms with van der Waals surface area (Å²) in [7, 11) is -3.27. The van der Waals surface area contributed by atoms with Crippen LogP contribution in [0.15, 0.2) is 46.9 Å². The van der Waals surface area contributed by atoms with Crippen LogP contribution in [0.5, 0.6) is 5.75 Å². The van der Waals surface area contributed by atoms with E-state index in [-0.39, 0.29) is 35.4 Å². The van der Waals surface area contributed by atoms with Gasteiger partial charge in [-0.2, -0.15) is 0 Å². The monoisotopic (exact) mass is 801 g/mol. The maximum Gasteiger partial charge on any atom is 0.410 e. The number of ether oxygens (including phenoxy) is 1. The number of halogens is 1. The standard InChI is InChI=1S/C38H52BrN5O7S/c1-3-26(2)52(49,50)43-21-12-29(13-22-43)28-10-17-41(18-11-28)36(46)35(25-27-8-9-34(45)32(39)24-27)51-38(48)42-19-15-31(16-20-42)44-23-14-30-6-4-5-7-33(30)40-37(44)47/h4-9,24,26,28-29,31,35,45H,3,10-23,25H2,1-2H3,(H,40,47)/t26?,35-/m1/s1. The molecular weight excluding hydrogens is 750 g/mol. The first-order valence-electron chi connectivity index (χ1n) is 18.8. The van der Waals surface area contributed by atoms with Gasteiger partial charge in [0.2, 0.25) is 10.0 Å². The summed E-state index contributed by atoms with van der Waals surface area (Å²) in [5.74, 6) is 0.676. The number of nitrogens with one attached hydrogen (secondary N) is 1. The lowest BCUT2D eigenvalue weighted by molar-refractivity contribution is -0.142. The number of anilines is 1. The molecule has 14 heteroatoms. The van der Waals surface area contributed by atoms with Gasteiger partial charge in [0.05, 0.1) is 9.72 Å². The summed E-state index contributed by atoms with van der Waals surface area (Å²) in [5, 5.41) is 12.7. The lowest BCUT2D eigenvalue weighted by Gasteiger charge is -2.41. The number of amides is 4. The molecule has 4 amide bonds. The first kappa shape index (κ1) is 38.4. The number of carbonyl (C=O) groups is 3. The minimum absolute atomic E-state index is 0.0111. The second kappa shape index (κ2) is 16.8. The SMILES string of the molecule is CCC(C)S(=O)(=O)N1CCC(C2CCN(C(=O)[C@@H](Cc3ccc(O)c(Br)c3)OC(=O)N3CCC(N4CCc5ccccc5NC4=O)CC3)CC2)CC1. The molecule has 2 aromatic carbocycles. The molecule has 12 nitrogen and oxygen atoms in total. The molecule has 0 aliphatic carbocycles. The molecule has 0 spiro atoms. The van der Waals surface area contributed by atoms with E-state index >= 15 is 0 Å². The van der Waals surface area contributed by atoms with E-state index < -0.39 is 22.2 Å². The minimum atomic E-state index is -3.27. The number of rotatable bonds is 9. The van der Waals surface area contributed by atoms with Gasteiger partial charge < -0.3 is 29.9 Å². The first-order valence-corrected chi connectivity index (χ1v) is 21.1. The fourth-order valence-corrected chi connectivity index (χ4v) is 10.3. The molecule has 4 aliphatic rings. The zero-order valence-electron chi connectivity index (χ0n) is 30.2. The Morgan fingerprint density at radius 3 is 2.21 bits per heavy atom. The second-order valence-electron chi connectivity index (χ2n) is 14.8. The second-order valence-corrected chi connectivity index (χ2v) is 18.0. The van der Waals surface area contributed by atoms with Crippen LogP contribution in [0.4, 0.5) is 15.3 Å². The highest BCUT2D eigenvalue weighted by Crippen LogP contribution is 2.35. The lowest BCUT2D eigenvalue weighted by atomic mass is 9.79. The van der Waals surface area contributed by atoms with Gasteiger partial charge in [-0.05, 0) is 115 Å². The van der Waals surface area contributed by atoms with Crippen LogP contribution in [0.2, 0.25) is 0 Å². The number of phenols is 1. The number of fused-ring (bicyclic) bond motifs is 1. The summed E-state index contributed by atoms with van der Waals surface area (Å²) < 4.78 is 33.9. The molecule has 52 heavy (non-hydrogen) atoms. The number of hydrogen-bond donors (Lipinski definition) is 2. The minimum Gasteiger partial charge on any atom is -0.507 e. The molecule has 1 unspecified atom stereocenters. The molecule has 3 saturated heterocycles. The Balaban J connectivity index is 1.04. The van der Waals surface area contributed by atoms with Gasteiger partial charge >= 0.3 is 12.1 Å². The quantitative estimate of drug-likeness (QED) is 0.325. The van der Waals surface area contributed by atoms with Crippen LogP contribution in [0.25, 0.3) is 0 Å². The van der Waals surface area contributed by atoms with Crippen molar-refractivity contribution in [3.8, 4) is 5.75 Å². The smallest absolute Gasteiger partial charge is 0.410 e. The van der Waals surface area contributed by atoms with Gasteiger partial charge in [0, 0.05) is 64.0 Å². The Labute approximate surface area is 316 Å². The third-order valence-corrected chi connectivity index (χ3v) is 14.8. The van der Waals surface area contributed by atoms with Crippen LogP contribution >= 0.6 is 15.9 Å². The molecule has 2 atom stereocenters. The highest BCUT2D eigenvalue weighted by atomic mass is 79.9. The lowest BCUT2D eigenvalue weighted by Crippen LogP contribution is -2.52. The summed E-state index contributed by atoms with van der Waals surface area (Å²) >= 11 is 3.36. The normalized spacial score (nSPS) is 21.2. The molecule has 2 aromatic rings. The highest BCUT2D eigenvalue weighted by Gasteiger charge is 2.38. The van der Waals surface area contributed by atoms with E-state index in [2.05, 4.69) is 21.2 Å². The van der Waals surface area contributed by atoms with Crippen molar-refractivity contribution in [3.63, 3.8) is 0 Å². The van der Waals surface area contributed by atoms with Crippen molar-refractivity contribution in [2.45, 2.75) is 89.0 Å². The summed E-state index contributed by atoms with van der Waals surface area (Å²) in [5.41, 5.74) is 2.69. The van der Waals surface area contributed by atoms with Gasteiger partial charge in [0.1, 0.15) is 5.75 Å². The highest BCUT2D eigenvalue weighted by molar-refractivity contribution is 9.10. The molecule has 4 aliphatic heterocycles. The van der Waals surface area contributed by atoms with Crippen LogP contribution in [-0.2, 0) is 32.4 Å². The summed E-state index contributed by atoms with van der Waals surface area (Å²) in [6.07, 6.45) is 4.46. The number of urea groups is 1. The Bertz CT molecular complexity index is 1700. The maximum absolute atomic E-state index is 14.1. The average Bonchev–Trinajstić information content (AvgIpc) is 3.33. The van der Waals surface area contributed by atoms with Crippen molar-refractivity contribution in [3.05, 3.63) is 58.1 Å². The van der Waals surface area contributed by atoms with Gasteiger partial charge in [0.25, 0.3) is 5.91 Å². The average molecular weight is 803 g/mol. The van der Waals surface area contributed by atoms with Crippen LogP contribution in [0.1, 0.15) is 69.9 Å². The molecule has 284 valence electrons. The maximum atomic E-state index is 14.1. The Hall–Kier alpha value is -3.36. The topological polar surface area (TPSA) is 140 Å². The largest absolute Gasteiger partial charge is 0.507 e. The van der Waals surface area contributed by atoms with Gasteiger partial charge in [-0.1, -0.05) is 31.2 Å². The molecule has 0 bridgehead atoms. The zero-order chi connectivity index (χ0) is 37.0. The number of para-hydroxylation sites is 1. The van der Waals surface area contributed by atoms with E-state index in [1.165, 1.54) is 0 Å². The van der Waals surface area contributed by atoms with Gasteiger partial charge in [-0.15, -0.1) is 0 Å². The summed E-state index contributed by atoms with van der Waals surface area (Å²) in [6, 6.07) is 12.7. The number of nitrogens with zero attached hydrogens (tertiary/aromatic N) is 4. The van der Waals surface area contributed by atoms with Crippen molar-refractivity contribution < 1.29 is 32.6 Å². The molecule has 4 heterocycles. The number of aromatic hydroxyl groups is 1. The van der Waals surface area contributed by atoms with E-state index in [9.17, 15) is 27.9 Å². The van der Waals surface area contributed by atoms with Crippen molar-refractivity contribution in [1.29, 1.82) is 0 Å². The molecule has 3 fully saturated rings. The zero-order valence-corrected chi connectivity index (χ0v) is 32.6. The number of likely N-dealkylation sites (tertiary alicyclic amines) is 2. The van der Waals surface area contributed by atoms with Gasteiger partial charge in [-0.25, -0.2) is 22.3 Å². The van der Waals surface area contributed by atoms with E-state index in [0.717, 1.165) is 48.9 Å². The molecular formula is C38H52BrN5O7S. The van der Waals surface area contributed by atoms with E-state index in [0.29, 0.717) is 81.4 Å². The summed E-state index contributed by atoms with van der Waals surface area (Å²) in [4.78, 5) is 46.1. The third-order valence-electron chi connectivity index (χ3n) is 11.7.